The third kappa shape index (κ3) is 3.62. The summed E-state index contributed by atoms with van der Waals surface area (Å²) in [7, 11) is -1.59. The number of amides is 1. The van der Waals surface area contributed by atoms with Crippen LogP contribution in [0.25, 0.3) is 0 Å². The number of methoxy groups -OCH3 is 1. The van der Waals surface area contributed by atoms with Crippen LogP contribution in [0, 0.1) is 0 Å². The van der Waals surface area contributed by atoms with Crippen molar-refractivity contribution in [1.29, 1.82) is 0 Å². The fraction of sp³-hybridized carbons (Fsp3) is 0.353. The Bertz CT molecular complexity index is 847. The summed E-state index contributed by atoms with van der Waals surface area (Å²) >= 11 is 0. The van der Waals surface area contributed by atoms with Gasteiger partial charge in [0.25, 0.3) is 5.91 Å². The van der Waals surface area contributed by atoms with E-state index in [0.717, 1.165) is 30.4 Å². The molecule has 6 nitrogen and oxygen atoms in total. The summed E-state index contributed by atoms with van der Waals surface area (Å²) in [6, 6.07) is 10.6. The number of hydrogen-bond donors (Lipinski definition) is 1. The van der Waals surface area contributed by atoms with E-state index in [9.17, 15) is 13.2 Å². The number of nitrogens with one attached hydrogen (secondary N) is 1. The minimum absolute atomic E-state index is 0.119. The van der Waals surface area contributed by atoms with E-state index in [4.69, 9.17) is 9.15 Å². The number of rotatable bonds is 6. The zero-order chi connectivity index (χ0) is 17.4. The number of furan rings is 1. The lowest BCUT2D eigenvalue weighted by Gasteiger charge is -2.17. The molecule has 0 bridgehead atoms. The first-order valence-corrected chi connectivity index (χ1v) is 9.61. The van der Waals surface area contributed by atoms with E-state index in [-0.39, 0.29) is 28.7 Å². The van der Waals surface area contributed by atoms with Crippen LogP contribution in [0.2, 0.25) is 0 Å². The SMILES string of the molecule is COc1ccc(C2(NC(=O)c3ccc(CS(C)(=O)=O)o3)CC2)cc1. The van der Waals surface area contributed by atoms with E-state index >= 15 is 0 Å². The Morgan fingerprint density at radius 1 is 1.21 bits per heavy atom. The van der Waals surface area contributed by atoms with Gasteiger partial charge in [0.05, 0.1) is 12.6 Å². The number of ether oxygens (including phenoxy) is 1. The Hall–Kier alpha value is -2.28. The number of carbonyl (C=O) groups excluding carboxylic acids is 1. The van der Waals surface area contributed by atoms with Crippen LogP contribution in [-0.2, 0) is 21.1 Å². The number of benzene rings is 1. The highest BCUT2D eigenvalue weighted by atomic mass is 32.2. The molecule has 0 saturated heterocycles. The van der Waals surface area contributed by atoms with Gasteiger partial charge in [-0.15, -0.1) is 0 Å². The lowest BCUT2D eigenvalue weighted by Crippen LogP contribution is -2.34. The third-order valence-corrected chi connectivity index (χ3v) is 4.84. The van der Waals surface area contributed by atoms with Crippen molar-refractivity contribution in [2.45, 2.75) is 24.1 Å². The molecule has 0 spiro atoms. The van der Waals surface area contributed by atoms with Gasteiger partial charge in [-0.25, -0.2) is 8.42 Å². The molecule has 1 aromatic heterocycles. The first-order valence-electron chi connectivity index (χ1n) is 7.55. The van der Waals surface area contributed by atoms with Crippen LogP contribution >= 0.6 is 0 Å². The molecule has 2 aromatic rings. The average Bonchev–Trinajstić information content (AvgIpc) is 3.16. The molecule has 1 N–H and O–H groups in total. The van der Waals surface area contributed by atoms with Crippen LogP contribution in [0.15, 0.2) is 40.8 Å². The highest BCUT2D eigenvalue weighted by Gasteiger charge is 2.46. The number of hydrogen-bond acceptors (Lipinski definition) is 5. The van der Waals surface area contributed by atoms with Gasteiger partial charge >= 0.3 is 0 Å². The van der Waals surface area contributed by atoms with Gasteiger partial charge in [-0.05, 0) is 42.7 Å². The fourth-order valence-corrected chi connectivity index (χ4v) is 3.31. The minimum atomic E-state index is -3.20. The van der Waals surface area contributed by atoms with Crippen molar-refractivity contribution < 1.29 is 22.4 Å². The van der Waals surface area contributed by atoms with Gasteiger partial charge in [-0.3, -0.25) is 4.79 Å². The van der Waals surface area contributed by atoms with E-state index in [1.807, 2.05) is 24.3 Å². The zero-order valence-electron chi connectivity index (χ0n) is 13.5. The summed E-state index contributed by atoms with van der Waals surface area (Å²) < 4.78 is 33.1. The molecule has 0 aliphatic heterocycles. The molecule has 7 heteroatoms. The molecule has 128 valence electrons. The third-order valence-electron chi connectivity index (χ3n) is 4.04. The first-order chi connectivity index (χ1) is 11.3. The smallest absolute Gasteiger partial charge is 0.287 e. The first kappa shape index (κ1) is 16.6. The minimum Gasteiger partial charge on any atom is -0.497 e. The quantitative estimate of drug-likeness (QED) is 0.864. The maximum absolute atomic E-state index is 12.4. The Morgan fingerprint density at radius 3 is 2.42 bits per heavy atom. The van der Waals surface area contributed by atoms with Crippen molar-refractivity contribution in [3.8, 4) is 5.75 Å². The Balaban J connectivity index is 1.72. The van der Waals surface area contributed by atoms with E-state index in [1.165, 1.54) is 12.1 Å². The van der Waals surface area contributed by atoms with Crippen molar-refractivity contribution in [1.82, 2.24) is 5.32 Å². The molecule has 24 heavy (non-hydrogen) atoms. The van der Waals surface area contributed by atoms with E-state index in [0.29, 0.717) is 0 Å². The summed E-state index contributed by atoms with van der Waals surface area (Å²) in [4.78, 5) is 12.4. The van der Waals surface area contributed by atoms with E-state index < -0.39 is 9.84 Å². The Kier molecular flexibility index (Phi) is 4.13. The Labute approximate surface area is 140 Å². The second kappa shape index (κ2) is 5.98. The van der Waals surface area contributed by atoms with Gasteiger partial charge in [-0.2, -0.15) is 0 Å². The van der Waals surface area contributed by atoms with Crippen molar-refractivity contribution in [2.24, 2.45) is 0 Å². The second-order valence-corrected chi connectivity index (χ2v) is 8.24. The Morgan fingerprint density at radius 2 is 1.88 bits per heavy atom. The molecule has 1 aromatic carbocycles. The predicted octanol–water partition coefficient (Wildman–Crippen LogP) is 2.25. The van der Waals surface area contributed by atoms with Gasteiger partial charge in [0.1, 0.15) is 17.3 Å². The largest absolute Gasteiger partial charge is 0.497 e. The number of sulfone groups is 1. The van der Waals surface area contributed by atoms with Gasteiger partial charge < -0.3 is 14.5 Å². The predicted molar refractivity (Wildman–Crippen MR) is 88.6 cm³/mol. The molecule has 1 fully saturated rings. The zero-order valence-corrected chi connectivity index (χ0v) is 14.4. The van der Waals surface area contributed by atoms with Crippen molar-refractivity contribution in [3.63, 3.8) is 0 Å². The van der Waals surface area contributed by atoms with Gasteiger partial charge in [-0.1, -0.05) is 12.1 Å². The fourth-order valence-electron chi connectivity index (χ4n) is 2.64. The molecule has 0 radical (unpaired) electrons. The van der Waals surface area contributed by atoms with Crippen molar-refractivity contribution in [3.05, 3.63) is 53.5 Å². The summed E-state index contributed by atoms with van der Waals surface area (Å²) in [5.41, 5.74) is 0.632. The van der Waals surface area contributed by atoms with E-state index in [2.05, 4.69) is 5.32 Å². The molecule has 1 aliphatic carbocycles. The van der Waals surface area contributed by atoms with Crippen LogP contribution in [0.3, 0.4) is 0 Å². The molecule has 1 heterocycles. The summed E-state index contributed by atoms with van der Waals surface area (Å²) in [6.07, 6.45) is 2.82. The number of carbonyl (C=O) groups is 1. The highest BCUT2D eigenvalue weighted by Crippen LogP contribution is 2.46. The van der Waals surface area contributed by atoms with Crippen LogP contribution < -0.4 is 10.1 Å². The second-order valence-electron chi connectivity index (χ2n) is 6.10. The molecular weight excluding hydrogens is 330 g/mol. The summed E-state index contributed by atoms with van der Waals surface area (Å²) in [6.45, 7) is 0. The standard InChI is InChI=1S/C17H19NO5S/c1-22-13-5-3-12(4-6-13)17(9-10-17)18-16(19)15-8-7-14(23-15)11-24(2,20)21/h3-8H,9-11H2,1-2H3,(H,18,19). The molecular formula is C17H19NO5S. The normalized spacial score (nSPS) is 15.8. The molecule has 1 amide bonds. The maximum Gasteiger partial charge on any atom is 0.287 e. The van der Waals surface area contributed by atoms with Crippen LogP contribution in [0.4, 0.5) is 0 Å². The molecule has 0 unspecified atom stereocenters. The van der Waals surface area contributed by atoms with Gasteiger partial charge in [0.15, 0.2) is 15.6 Å². The topological polar surface area (TPSA) is 85.6 Å². The monoisotopic (exact) mass is 349 g/mol. The van der Waals surface area contributed by atoms with Crippen LogP contribution in [0.5, 0.6) is 5.75 Å². The molecule has 1 saturated carbocycles. The summed E-state index contributed by atoms with van der Waals surface area (Å²) in [5, 5.41) is 2.99. The van der Waals surface area contributed by atoms with Crippen LogP contribution in [0.1, 0.15) is 34.7 Å². The average molecular weight is 349 g/mol. The van der Waals surface area contributed by atoms with Crippen LogP contribution in [-0.4, -0.2) is 27.7 Å². The van der Waals surface area contributed by atoms with E-state index in [1.54, 1.807) is 7.11 Å². The lowest BCUT2D eigenvalue weighted by atomic mass is 10.0. The van der Waals surface area contributed by atoms with Gasteiger partial charge in [0.2, 0.25) is 0 Å². The molecule has 3 rings (SSSR count). The maximum atomic E-state index is 12.4. The molecule has 0 atom stereocenters. The van der Waals surface area contributed by atoms with Gasteiger partial charge in [0, 0.05) is 6.26 Å². The van der Waals surface area contributed by atoms with Crippen molar-refractivity contribution >= 4 is 15.7 Å². The highest BCUT2D eigenvalue weighted by molar-refractivity contribution is 7.89. The lowest BCUT2D eigenvalue weighted by molar-refractivity contribution is 0.0901. The summed E-state index contributed by atoms with van der Waals surface area (Å²) in [5.74, 6) is 0.579. The van der Waals surface area contributed by atoms with Crippen molar-refractivity contribution in [2.75, 3.05) is 13.4 Å². The molecule has 1 aliphatic rings.